The average molecular weight is 391 g/mol. The van der Waals surface area contributed by atoms with Gasteiger partial charge in [0.2, 0.25) is 5.95 Å². The molecule has 1 aliphatic rings. The molecule has 144 valence electrons. The summed E-state index contributed by atoms with van der Waals surface area (Å²) >= 11 is 6.01. The third kappa shape index (κ3) is 4.51. The third-order valence-electron chi connectivity index (χ3n) is 4.23. The normalized spacial score (nSPS) is 13.4. The maximum Gasteiger partial charge on any atom is 0.323 e. The van der Waals surface area contributed by atoms with Crippen molar-refractivity contribution in [3.63, 3.8) is 0 Å². The molecule has 1 aliphatic heterocycles. The molecule has 1 aromatic carbocycles. The van der Waals surface area contributed by atoms with Crippen molar-refractivity contribution >= 4 is 40.8 Å². The minimum absolute atomic E-state index is 0.434. The van der Waals surface area contributed by atoms with Crippen LogP contribution in [0.5, 0.6) is 5.75 Å². The van der Waals surface area contributed by atoms with E-state index in [0.717, 1.165) is 25.9 Å². The maximum absolute atomic E-state index is 12.5. The van der Waals surface area contributed by atoms with E-state index >= 15 is 0 Å². The fourth-order valence-electron chi connectivity index (χ4n) is 2.92. The van der Waals surface area contributed by atoms with Gasteiger partial charge in [-0.2, -0.15) is 4.98 Å². The Morgan fingerprint density at radius 2 is 1.93 bits per heavy atom. The van der Waals surface area contributed by atoms with Crippen molar-refractivity contribution in [3.05, 3.63) is 29.4 Å². The summed E-state index contributed by atoms with van der Waals surface area (Å²) in [4.78, 5) is 25.5. The van der Waals surface area contributed by atoms with E-state index in [1.165, 1.54) is 7.11 Å². The van der Waals surface area contributed by atoms with Crippen LogP contribution in [0.4, 0.5) is 27.9 Å². The summed E-state index contributed by atoms with van der Waals surface area (Å²) in [6, 6.07) is 4.58. The highest BCUT2D eigenvalue weighted by Gasteiger charge is 2.19. The first-order chi connectivity index (χ1) is 13.0. The lowest BCUT2D eigenvalue weighted by atomic mass is 10.3. The molecular weight excluding hydrogens is 368 g/mol. The van der Waals surface area contributed by atoms with E-state index in [1.807, 2.05) is 19.0 Å². The molecule has 27 heavy (non-hydrogen) atoms. The number of ether oxygens (including phenoxy) is 1. The number of nitrogens with zero attached hydrogens (tertiary/aromatic N) is 4. The fraction of sp³-hybridized carbons (Fsp3) is 0.389. The lowest BCUT2D eigenvalue weighted by Crippen LogP contribution is -2.25. The van der Waals surface area contributed by atoms with Crippen LogP contribution in [0.2, 0.25) is 5.02 Å². The quantitative estimate of drug-likeness (QED) is 0.813. The molecule has 0 unspecified atom stereocenters. The minimum atomic E-state index is -0.434. The van der Waals surface area contributed by atoms with E-state index in [4.69, 9.17) is 16.3 Å². The predicted molar refractivity (Wildman–Crippen MR) is 108 cm³/mol. The molecule has 0 bridgehead atoms. The van der Waals surface area contributed by atoms with Gasteiger partial charge in [-0.3, -0.25) is 0 Å². The number of hydrogen-bond donors (Lipinski definition) is 2. The fourth-order valence-corrected chi connectivity index (χ4v) is 3.09. The van der Waals surface area contributed by atoms with Gasteiger partial charge in [0.1, 0.15) is 11.4 Å². The molecule has 1 saturated heterocycles. The molecular formula is C18H23ClN6O2. The highest BCUT2D eigenvalue weighted by atomic mass is 35.5. The van der Waals surface area contributed by atoms with Crippen molar-refractivity contribution in [2.24, 2.45) is 0 Å². The standard InChI is InChI=1S/C18H23ClN6O2/c1-24(2)16-14(11-20-17(23-16)25-8-4-5-9-25)22-18(26)21-13-10-12(19)6-7-15(13)27-3/h6-7,10-11H,4-5,8-9H2,1-3H3,(H2,21,22,26). The molecule has 2 N–H and O–H groups in total. The average Bonchev–Trinajstić information content (AvgIpc) is 3.16. The van der Waals surface area contributed by atoms with Crippen LogP contribution in [0.25, 0.3) is 0 Å². The Morgan fingerprint density at radius 3 is 2.59 bits per heavy atom. The van der Waals surface area contributed by atoms with Crippen LogP contribution in [-0.2, 0) is 0 Å². The molecule has 8 nitrogen and oxygen atoms in total. The molecule has 0 aliphatic carbocycles. The molecule has 2 amide bonds. The van der Waals surface area contributed by atoms with Crippen LogP contribution < -0.4 is 25.2 Å². The number of anilines is 4. The zero-order valence-corrected chi connectivity index (χ0v) is 16.4. The summed E-state index contributed by atoms with van der Waals surface area (Å²) in [6.45, 7) is 1.91. The Morgan fingerprint density at radius 1 is 1.22 bits per heavy atom. The van der Waals surface area contributed by atoms with E-state index in [1.54, 1.807) is 24.4 Å². The van der Waals surface area contributed by atoms with E-state index in [0.29, 0.717) is 33.9 Å². The molecule has 1 aromatic heterocycles. The van der Waals surface area contributed by atoms with Crippen LogP contribution in [0, 0.1) is 0 Å². The number of aromatic nitrogens is 2. The summed E-state index contributed by atoms with van der Waals surface area (Å²) in [6.07, 6.45) is 3.92. The van der Waals surface area contributed by atoms with Gasteiger partial charge < -0.3 is 25.2 Å². The van der Waals surface area contributed by atoms with Gasteiger partial charge in [0.15, 0.2) is 5.82 Å². The zero-order valence-electron chi connectivity index (χ0n) is 15.6. The molecule has 0 atom stereocenters. The minimum Gasteiger partial charge on any atom is -0.495 e. The Labute approximate surface area is 163 Å². The number of amides is 2. The van der Waals surface area contributed by atoms with Crippen molar-refractivity contribution in [2.75, 3.05) is 54.7 Å². The second-order valence-electron chi connectivity index (χ2n) is 6.42. The lowest BCUT2D eigenvalue weighted by Gasteiger charge is -2.21. The molecule has 1 fully saturated rings. The number of rotatable bonds is 5. The smallest absolute Gasteiger partial charge is 0.323 e. The molecule has 9 heteroatoms. The number of benzene rings is 1. The van der Waals surface area contributed by atoms with Crippen LogP contribution in [0.15, 0.2) is 24.4 Å². The van der Waals surface area contributed by atoms with Crippen molar-refractivity contribution < 1.29 is 9.53 Å². The number of carbonyl (C=O) groups is 1. The van der Waals surface area contributed by atoms with Gasteiger partial charge in [0.25, 0.3) is 0 Å². The SMILES string of the molecule is COc1ccc(Cl)cc1NC(=O)Nc1cnc(N2CCCC2)nc1N(C)C. The lowest BCUT2D eigenvalue weighted by molar-refractivity contribution is 0.262. The molecule has 0 saturated carbocycles. The van der Waals surface area contributed by atoms with Crippen LogP contribution in [0.3, 0.4) is 0 Å². The number of methoxy groups -OCH3 is 1. The van der Waals surface area contributed by atoms with E-state index in [-0.39, 0.29) is 0 Å². The van der Waals surface area contributed by atoms with Crippen LogP contribution in [0.1, 0.15) is 12.8 Å². The Kier molecular flexibility index (Phi) is 5.85. The molecule has 0 radical (unpaired) electrons. The topological polar surface area (TPSA) is 82.6 Å². The van der Waals surface area contributed by atoms with Crippen molar-refractivity contribution in [1.29, 1.82) is 0 Å². The Hall–Kier alpha value is -2.74. The maximum atomic E-state index is 12.5. The van der Waals surface area contributed by atoms with Crippen molar-refractivity contribution in [3.8, 4) is 5.75 Å². The van der Waals surface area contributed by atoms with Gasteiger partial charge in [-0.05, 0) is 31.0 Å². The van der Waals surface area contributed by atoms with Gasteiger partial charge >= 0.3 is 6.03 Å². The summed E-state index contributed by atoms with van der Waals surface area (Å²) in [7, 11) is 5.28. The number of halogens is 1. The highest BCUT2D eigenvalue weighted by molar-refractivity contribution is 6.31. The first-order valence-corrected chi connectivity index (χ1v) is 9.06. The Bertz CT molecular complexity index is 823. The van der Waals surface area contributed by atoms with Crippen molar-refractivity contribution in [2.45, 2.75) is 12.8 Å². The first kappa shape index (κ1) is 19.0. The van der Waals surface area contributed by atoms with Crippen LogP contribution in [-0.4, -0.2) is 50.3 Å². The summed E-state index contributed by atoms with van der Waals surface area (Å²) in [5, 5.41) is 6.04. The molecule has 0 spiro atoms. The van der Waals surface area contributed by atoms with Crippen molar-refractivity contribution in [1.82, 2.24) is 9.97 Å². The van der Waals surface area contributed by atoms with Gasteiger partial charge in [-0.1, -0.05) is 11.6 Å². The summed E-state index contributed by atoms with van der Waals surface area (Å²) < 4.78 is 5.25. The number of carbonyl (C=O) groups excluding carboxylic acids is 1. The van der Waals surface area contributed by atoms with E-state index in [2.05, 4.69) is 25.5 Å². The van der Waals surface area contributed by atoms with E-state index in [9.17, 15) is 4.79 Å². The number of urea groups is 1. The number of hydrogen-bond acceptors (Lipinski definition) is 6. The van der Waals surface area contributed by atoms with Crippen LogP contribution >= 0.6 is 11.6 Å². The third-order valence-corrected chi connectivity index (χ3v) is 4.46. The number of nitrogens with one attached hydrogen (secondary N) is 2. The van der Waals surface area contributed by atoms with E-state index < -0.39 is 6.03 Å². The Balaban J connectivity index is 1.78. The summed E-state index contributed by atoms with van der Waals surface area (Å²) in [5.74, 6) is 1.83. The molecule has 3 rings (SSSR count). The monoisotopic (exact) mass is 390 g/mol. The zero-order chi connectivity index (χ0) is 19.4. The molecule has 2 aromatic rings. The highest BCUT2D eigenvalue weighted by Crippen LogP contribution is 2.29. The largest absolute Gasteiger partial charge is 0.495 e. The second kappa shape index (κ2) is 8.30. The first-order valence-electron chi connectivity index (χ1n) is 8.69. The second-order valence-corrected chi connectivity index (χ2v) is 6.86. The van der Waals surface area contributed by atoms with Gasteiger partial charge in [-0.15, -0.1) is 0 Å². The van der Waals surface area contributed by atoms with Gasteiger partial charge in [0, 0.05) is 32.2 Å². The predicted octanol–water partition coefficient (Wildman–Crippen LogP) is 3.45. The molecule has 2 heterocycles. The van der Waals surface area contributed by atoms with Gasteiger partial charge in [-0.25, -0.2) is 9.78 Å². The summed E-state index contributed by atoms with van der Waals surface area (Å²) in [5.41, 5.74) is 0.991. The van der Waals surface area contributed by atoms with Gasteiger partial charge in [0.05, 0.1) is 19.0 Å².